The molecule has 1 aliphatic rings. The van der Waals surface area contributed by atoms with Crippen LogP contribution in [0.15, 0.2) is 47.5 Å². The number of fused-ring (bicyclic) bond motifs is 1. The van der Waals surface area contributed by atoms with Crippen LogP contribution in [0.25, 0.3) is 0 Å². The van der Waals surface area contributed by atoms with Crippen LogP contribution in [0.1, 0.15) is 21.5 Å². The van der Waals surface area contributed by atoms with Crippen LogP contribution >= 0.6 is 24.0 Å². The van der Waals surface area contributed by atoms with E-state index in [0.29, 0.717) is 24.6 Å². The van der Waals surface area contributed by atoms with Gasteiger partial charge in [0.25, 0.3) is 5.91 Å². The van der Waals surface area contributed by atoms with Gasteiger partial charge in [0.1, 0.15) is 0 Å². The number of nitrogens with one attached hydrogen (secondary N) is 3. The number of benzene rings is 2. The Kier molecular flexibility index (Phi) is 10.5. The lowest BCUT2D eigenvalue weighted by molar-refractivity contribution is 0.0951. The van der Waals surface area contributed by atoms with Gasteiger partial charge in [0.05, 0.1) is 0 Å². The fourth-order valence-electron chi connectivity index (χ4n) is 3.15. The normalized spacial score (nSPS) is 12.3. The molecule has 0 saturated carbocycles. The maximum Gasteiger partial charge on any atom is 0.251 e. The molecule has 0 atom stereocenters. The van der Waals surface area contributed by atoms with Gasteiger partial charge in [0, 0.05) is 38.8 Å². The molecule has 9 heteroatoms. The summed E-state index contributed by atoms with van der Waals surface area (Å²) in [6.07, 6.45) is 0.833. The third-order valence-electron chi connectivity index (χ3n) is 4.86. The maximum absolute atomic E-state index is 12.3. The molecule has 2 aromatic carbocycles. The highest BCUT2D eigenvalue weighted by molar-refractivity contribution is 14.0. The standard InChI is InChI=1S/C23H31N5O3.HI/c1-24-23(26-10-9-17-7-8-20-21(14-17)31-16-30-20)27-15-18-5-4-6-19(13-18)22(29)25-11-12-28(2)3;/h4-8,13-14H,9-12,15-16H2,1-3H3,(H,25,29)(H2,24,26,27);1H. The summed E-state index contributed by atoms with van der Waals surface area (Å²) in [5.41, 5.74) is 2.84. The smallest absolute Gasteiger partial charge is 0.251 e. The summed E-state index contributed by atoms with van der Waals surface area (Å²) in [5, 5.41) is 9.55. The minimum Gasteiger partial charge on any atom is -0.454 e. The second-order valence-corrected chi connectivity index (χ2v) is 7.55. The first kappa shape index (κ1) is 25.7. The van der Waals surface area contributed by atoms with Crippen molar-refractivity contribution in [2.45, 2.75) is 13.0 Å². The summed E-state index contributed by atoms with van der Waals surface area (Å²) >= 11 is 0. The molecule has 3 rings (SSSR count). The highest BCUT2D eigenvalue weighted by Crippen LogP contribution is 2.32. The molecule has 3 N–H and O–H groups in total. The molecule has 1 aliphatic heterocycles. The third kappa shape index (κ3) is 7.86. The van der Waals surface area contributed by atoms with Crippen molar-refractivity contribution >= 4 is 35.8 Å². The van der Waals surface area contributed by atoms with Crippen molar-refractivity contribution in [3.8, 4) is 11.5 Å². The number of aliphatic imine (C=N–C) groups is 1. The van der Waals surface area contributed by atoms with Gasteiger partial charge in [-0.1, -0.05) is 18.2 Å². The Labute approximate surface area is 206 Å². The lowest BCUT2D eigenvalue weighted by Gasteiger charge is -2.13. The van der Waals surface area contributed by atoms with Crippen LogP contribution in [0.4, 0.5) is 0 Å². The summed E-state index contributed by atoms with van der Waals surface area (Å²) in [7, 11) is 5.70. The van der Waals surface area contributed by atoms with Crippen molar-refractivity contribution in [2.75, 3.05) is 47.6 Å². The van der Waals surface area contributed by atoms with Crippen molar-refractivity contribution in [3.63, 3.8) is 0 Å². The fraction of sp³-hybridized carbons (Fsp3) is 0.391. The average molecular weight is 553 g/mol. The van der Waals surface area contributed by atoms with Gasteiger partial charge in [-0.2, -0.15) is 0 Å². The number of rotatable bonds is 9. The van der Waals surface area contributed by atoms with Crippen molar-refractivity contribution < 1.29 is 14.3 Å². The zero-order chi connectivity index (χ0) is 22.1. The van der Waals surface area contributed by atoms with Gasteiger partial charge >= 0.3 is 0 Å². The first-order valence-corrected chi connectivity index (χ1v) is 10.4. The molecule has 0 saturated heterocycles. The number of carbonyl (C=O) groups is 1. The largest absolute Gasteiger partial charge is 0.454 e. The number of halogens is 1. The molecule has 174 valence electrons. The van der Waals surface area contributed by atoms with Gasteiger partial charge in [0.15, 0.2) is 17.5 Å². The Morgan fingerprint density at radius 3 is 2.59 bits per heavy atom. The first-order valence-electron chi connectivity index (χ1n) is 10.4. The second-order valence-electron chi connectivity index (χ2n) is 7.55. The van der Waals surface area contributed by atoms with E-state index >= 15 is 0 Å². The Morgan fingerprint density at radius 1 is 1.00 bits per heavy atom. The van der Waals surface area contributed by atoms with E-state index in [4.69, 9.17) is 9.47 Å². The van der Waals surface area contributed by atoms with E-state index < -0.39 is 0 Å². The van der Waals surface area contributed by atoms with Crippen molar-refractivity contribution in [2.24, 2.45) is 4.99 Å². The molecular formula is C23H32IN5O3. The summed E-state index contributed by atoms with van der Waals surface area (Å²) in [6, 6.07) is 13.6. The maximum atomic E-state index is 12.3. The van der Waals surface area contributed by atoms with Crippen molar-refractivity contribution in [1.29, 1.82) is 0 Å². The molecule has 2 aromatic rings. The van der Waals surface area contributed by atoms with E-state index in [1.807, 2.05) is 61.5 Å². The van der Waals surface area contributed by atoms with E-state index in [9.17, 15) is 4.79 Å². The third-order valence-corrected chi connectivity index (χ3v) is 4.86. The summed E-state index contributed by atoms with van der Waals surface area (Å²) in [4.78, 5) is 18.6. The SMILES string of the molecule is CN=C(NCCc1ccc2c(c1)OCO2)NCc1cccc(C(=O)NCCN(C)C)c1.I. The minimum absolute atomic E-state index is 0. The van der Waals surface area contributed by atoms with Crippen LogP contribution in [0.2, 0.25) is 0 Å². The fourth-order valence-corrected chi connectivity index (χ4v) is 3.15. The minimum atomic E-state index is -0.0602. The first-order chi connectivity index (χ1) is 15.0. The van der Waals surface area contributed by atoms with Crippen LogP contribution in [0.3, 0.4) is 0 Å². The zero-order valence-corrected chi connectivity index (χ0v) is 21.1. The monoisotopic (exact) mass is 553 g/mol. The molecule has 8 nitrogen and oxygen atoms in total. The van der Waals surface area contributed by atoms with Gasteiger partial charge in [0.2, 0.25) is 6.79 Å². The molecular weight excluding hydrogens is 521 g/mol. The Bertz CT molecular complexity index is 920. The van der Waals surface area contributed by atoms with Crippen molar-refractivity contribution in [1.82, 2.24) is 20.9 Å². The topological polar surface area (TPSA) is 87.2 Å². The second kappa shape index (κ2) is 13.1. The number of hydrogen-bond donors (Lipinski definition) is 3. The number of ether oxygens (including phenoxy) is 2. The predicted octanol–water partition coefficient (Wildman–Crippen LogP) is 2.23. The Balaban J connectivity index is 0.00000363. The number of carbonyl (C=O) groups excluding carboxylic acids is 1. The summed E-state index contributed by atoms with van der Waals surface area (Å²) in [6.45, 7) is 3.01. The molecule has 32 heavy (non-hydrogen) atoms. The number of amides is 1. The summed E-state index contributed by atoms with van der Waals surface area (Å²) in [5.74, 6) is 2.24. The van der Waals surface area contributed by atoms with Crippen LogP contribution in [-0.2, 0) is 13.0 Å². The molecule has 0 radical (unpaired) electrons. The molecule has 0 unspecified atom stereocenters. The predicted molar refractivity (Wildman–Crippen MR) is 137 cm³/mol. The molecule has 0 spiro atoms. The Morgan fingerprint density at radius 2 is 1.81 bits per heavy atom. The van der Waals surface area contributed by atoms with E-state index in [1.165, 1.54) is 5.56 Å². The highest BCUT2D eigenvalue weighted by Gasteiger charge is 2.13. The van der Waals surface area contributed by atoms with Gasteiger partial charge in [-0.05, 0) is 55.9 Å². The van der Waals surface area contributed by atoms with E-state index in [2.05, 4.69) is 20.9 Å². The van der Waals surface area contributed by atoms with Gasteiger partial charge in [-0.15, -0.1) is 24.0 Å². The van der Waals surface area contributed by atoms with Crippen LogP contribution in [0.5, 0.6) is 11.5 Å². The zero-order valence-electron chi connectivity index (χ0n) is 18.8. The quantitative estimate of drug-likeness (QED) is 0.251. The van der Waals surface area contributed by atoms with Crippen LogP contribution < -0.4 is 25.4 Å². The van der Waals surface area contributed by atoms with Crippen LogP contribution in [0, 0.1) is 0 Å². The van der Waals surface area contributed by atoms with Gasteiger partial charge < -0.3 is 30.3 Å². The Hall–Kier alpha value is -2.53. The molecule has 1 amide bonds. The summed E-state index contributed by atoms with van der Waals surface area (Å²) < 4.78 is 10.8. The molecule has 0 aromatic heterocycles. The molecule has 0 aliphatic carbocycles. The number of hydrogen-bond acceptors (Lipinski definition) is 5. The van der Waals surface area contributed by atoms with Gasteiger partial charge in [-0.3, -0.25) is 9.79 Å². The molecule has 0 bridgehead atoms. The molecule has 1 heterocycles. The van der Waals surface area contributed by atoms with E-state index in [0.717, 1.165) is 36.6 Å². The highest BCUT2D eigenvalue weighted by atomic mass is 127. The van der Waals surface area contributed by atoms with E-state index in [-0.39, 0.29) is 36.7 Å². The number of guanidine groups is 1. The van der Waals surface area contributed by atoms with Crippen LogP contribution in [-0.4, -0.2) is 64.3 Å². The molecule has 0 fully saturated rings. The van der Waals surface area contributed by atoms with Crippen molar-refractivity contribution in [3.05, 3.63) is 59.2 Å². The van der Waals surface area contributed by atoms with E-state index in [1.54, 1.807) is 7.05 Å². The average Bonchev–Trinajstić information content (AvgIpc) is 3.24. The number of nitrogens with zero attached hydrogens (tertiary/aromatic N) is 2. The number of likely N-dealkylation sites (N-methyl/N-ethyl adjacent to an activating group) is 1. The lowest BCUT2D eigenvalue weighted by Crippen LogP contribution is -2.38. The lowest BCUT2D eigenvalue weighted by atomic mass is 10.1. The van der Waals surface area contributed by atoms with Gasteiger partial charge in [-0.25, -0.2) is 0 Å².